The summed E-state index contributed by atoms with van der Waals surface area (Å²) in [5, 5.41) is 0.391. The van der Waals surface area contributed by atoms with Gasteiger partial charge in [0, 0.05) is 24.9 Å². The molecule has 1 aromatic rings. The zero-order valence-corrected chi connectivity index (χ0v) is 12.0. The summed E-state index contributed by atoms with van der Waals surface area (Å²) in [6, 6.07) is 1.68. The minimum absolute atomic E-state index is 0.00892. The van der Waals surface area contributed by atoms with Crippen LogP contribution in [0.3, 0.4) is 0 Å². The minimum atomic E-state index is -2.99. The van der Waals surface area contributed by atoms with E-state index < -0.39 is 9.84 Å². The SMILES string of the molecule is Cc1nc(Cl)cc(N2CCC[C@@H]2CS(C)(=O)=O)n1. The molecule has 1 aromatic heterocycles. The lowest BCUT2D eigenvalue weighted by atomic mass is 10.2. The van der Waals surface area contributed by atoms with Crippen LogP contribution >= 0.6 is 11.6 Å². The Morgan fingerprint density at radius 1 is 1.50 bits per heavy atom. The summed E-state index contributed by atoms with van der Waals surface area (Å²) in [6.45, 7) is 2.59. The average molecular weight is 290 g/mol. The molecule has 7 heteroatoms. The maximum Gasteiger partial charge on any atom is 0.149 e. The lowest BCUT2D eigenvalue weighted by molar-refractivity contribution is 0.591. The van der Waals surface area contributed by atoms with Crippen LogP contribution in [0.15, 0.2) is 6.07 Å². The van der Waals surface area contributed by atoms with Gasteiger partial charge in [-0.15, -0.1) is 0 Å². The van der Waals surface area contributed by atoms with Gasteiger partial charge >= 0.3 is 0 Å². The first kappa shape index (κ1) is 13.5. The molecule has 18 heavy (non-hydrogen) atoms. The van der Waals surface area contributed by atoms with E-state index in [0.717, 1.165) is 25.2 Å². The molecule has 1 atom stereocenters. The van der Waals surface area contributed by atoms with E-state index in [9.17, 15) is 8.42 Å². The van der Waals surface area contributed by atoms with Crippen molar-refractivity contribution in [2.75, 3.05) is 23.5 Å². The van der Waals surface area contributed by atoms with Gasteiger partial charge in [-0.05, 0) is 19.8 Å². The fourth-order valence-electron chi connectivity index (χ4n) is 2.32. The smallest absolute Gasteiger partial charge is 0.149 e. The molecule has 2 rings (SSSR count). The first-order chi connectivity index (χ1) is 8.35. The number of rotatable bonds is 3. The van der Waals surface area contributed by atoms with Gasteiger partial charge in [0.05, 0.1) is 5.75 Å². The maximum absolute atomic E-state index is 11.4. The zero-order chi connectivity index (χ0) is 13.3. The molecular weight excluding hydrogens is 274 g/mol. The molecule has 1 aliphatic rings. The van der Waals surface area contributed by atoms with E-state index in [-0.39, 0.29) is 11.8 Å². The zero-order valence-electron chi connectivity index (χ0n) is 10.4. The molecule has 0 aliphatic carbocycles. The van der Waals surface area contributed by atoms with Gasteiger partial charge in [0.25, 0.3) is 0 Å². The highest BCUT2D eigenvalue weighted by molar-refractivity contribution is 7.90. The van der Waals surface area contributed by atoms with Crippen molar-refractivity contribution in [2.24, 2.45) is 0 Å². The maximum atomic E-state index is 11.4. The van der Waals surface area contributed by atoms with Crippen LogP contribution in [0.2, 0.25) is 5.15 Å². The summed E-state index contributed by atoms with van der Waals surface area (Å²) in [7, 11) is -2.99. The summed E-state index contributed by atoms with van der Waals surface area (Å²) >= 11 is 5.91. The summed E-state index contributed by atoms with van der Waals surface area (Å²) < 4.78 is 22.8. The van der Waals surface area contributed by atoms with Crippen LogP contribution in [0.5, 0.6) is 0 Å². The Kier molecular flexibility index (Phi) is 3.77. The van der Waals surface area contributed by atoms with E-state index in [0.29, 0.717) is 11.0 Å². The Morgan fingerprint density at radius 2 is 2.22 bits per heavy atom. The van der Waals surface area contributed by atoms with Crippen molar-refractivity contribution in [3.63, 3.8) is 0 Å². The molecule has 0 N–H and O–H groups in total. The van der Waals surface area contributed by atoms with Crippen molar-refractivity contribution >= 4 is 27.3 Å². The Balaban J connectivity index is 2.26. The number of anilines is 1. The average Bonchev–Trinajstić information content (AvgIpc) is 2.61. The van der Waals surface area contributed by atoms with Crippen molar-refractivity contribution in [1.29, 1.82) is 0 Å². The van der Waals surface area contributed by atoms with Gasteiger partial charge in [-0.3, -0.25) is 0 Å². The highest BCUT2D eigenvalue weighted by Gasteiger charge is 2.28. The van der Waals surface area contributed by atoms with Crippen molar-refractivity contribution in [3.8, 4) is 0 Å². The van der Waals surface area contributed by atoms with Crippen molar-refractivity contribution in [3.05, 3.63) is 17.0 Å². The number of hydrogen-bond acceptors (Lipinski definition) is 5. The van der Waals surface area contributed by atoms with E-state index in [2.05, 4.69) is 9.97 Å². The van der Waals surface area contributed by atoms with E-state index in [1.807, 2.05) is 4.90 Å². The van der Waals surface area contributed by atoms with E-state index in [4.69, 9.17) is 11.6 Å². The molecule has 0 spiro atoms. The molecule has 1 fully saturated rings. The largest absolute Gasteiger partial charge is 0.352 e. The third-order valence-electron chi connectivity index (χ3n) is 2.96. The molecule has 0 unspecified atom stereocenters. The monoisotopic (exact) mass is 289 g/mol. The van der Waals surface area contributed by atoms with Crippen LogP contribution in [0.4, 0.5) is 5.82 Å². The Morgan fingerprint density at radius 3 is 2.83 bits per heavy atom. The fourth-order valence-corrected chi connectivity index (χ4v) is 3.59. The third kappa shape index (κ3) is 3.32. The molecular formula is C11H16ClN3O2S. The van der Waals surface area contributed by atoms with Gasteiger partial charge in [0.1, 0.15) is 26.6 Å². The number of halogens is 1. The highest BCUT2D eigenvalue weighted by atomic mass is 35.5. The highest BCUT2D eigenvalue weighted by Crippen LogP contribution is 2.26. The molecule has 1 aliphatic heterocycles. The second-order valence-electron chi connectivity index (χ2n) is 4.68. The van der Waals surface area contributed by atoms with E-state index in [1.54, 1.807) is 13.0 Å². The summed E-state index contributed by atoms with van der Waals surface area (Å²) in [5.41, 5.74) is 0. The van der Waals surface area contributed by atoms with E-state index >= 15 is 0 Å². The number of hydrogen-bond donors (Lipinski definition) is 0. The number of sulfone groups is 1. The van der Waals surface area contributed by atoms with Crippen LogP contribution < -0.4 is 4.90 Å². The Bertz CT molecular complexity index is 527. The number of nitrogens with zero attached hydrogens (tertiary/aromatic N) is 3. The molecule has 1 saturated heterocycles. The predicted molar refractivity (Wildman–Crippen MR) is 71.9 cm³/mol. The fraction of sp³-hybridized carbons (Fsp3) is 0.636. The minimum Gasteiger partial charge on any atom is -0.352 e. The number of aryl methyl sites for hydroxylation is 1. The van der Waals surface area contributed by atoms with Gasteiger partial charge in [0.2, 0.25) is 0 Å². The predicted octanol–water partition coefficient (Wildman–Crippen LogP) is 1.45. The van der Waals surface area contributed by atoms with Gasteiger partial charge in [0.15, 0.2) is 0 Å². The van der Waals surface area contributed by atoms with Crippen LogP contribution in [-0.2, 0) is 9.84 Å². The lowest BCUT2D eigenvalue weighted by Gasteiger charge is -2.25. The quantitative estimate of drug-likeness (QED) is 0.788. The molecule has 0 radical (unpaired) electrons. The van der Waals surface area contributed by atoms with Crippen molar-refractivity contribution in [2.45, 2.75) is 25.8 Å². The topological polar surface area (TPSA) is 63.2 Å². The van der Waals surface area contributed by atoms with Gasteiger partial charge in [-0.2, -0.15) is 0 Å². The molecule has 100 valence electrons. The van der Waals surface area contributed by atoms with Gasteiger partial charge in [-0.1, -0.05) is 11.6 Å². The molecule has 2 heterocycles. The normalized spacial score (nSPS) is 20.4. The van der Waals surface area contributed by atoms with Crippen LogP contribution in [0.1, 0.15) is 18.7 Å². The van der Waals surface area contributed by atoms with Crippen LogP contribution in [0.25, 0.3) is 0 Å². The first-order valence-electron chi connectivity index (χ1n) is 5.81. The molecule has 0 saturated carbocycles. The molecule has 5 nitrogen and oxygen atoms in total. The summed E-state index contributed by atoms with van der Waals surface area (Å²) in [6.07, 6.45) is 3.11. The first-order valence-corrected chi connectivity index (χ1v) is 8.24. The lowest BCUT2D eigenvalue weighted by Crippen LogP contribution is -2.35. The Hall–Kier alpha value is -0.880. The Labute approximate surface area is 112 Å². The van der Waals surface area contributed by atoms with E-state index in [1.165, 1.54) is 6.26 Å². The van der Waals surface area contributed by atoms with Crippen LogP contribution in [-0.4, -0.2) is 43.0 Å². The van der Waals surface area contributed by atoms with Gasteiger partial charge < -0.3 is 4.90 Å². The van der Waals surface area contributed by atoms with Crippen LogP contribution in [0, 0.1) is 6.92 Å². The van der Waals surface area contributed by atoms with Crippen molar-refractivity contribution in [1.82, 2.24) is 9.97 Å². The second-order valence-corrected chi connectivity index (χ2v) is 7.25. The summed E-state index contributed by atoms with van der Waals surface area (Å²) in [5.74, 6) is 1.48. The third-order valence-corrected chi connectivity index (χ3v) is 4.14. The number of aromatic nitrogens is 2. The second kappa shape index (κ2) is 5.01. The molecule has 0 aromatic carbocycles. The molecule has 0 bridgehead atoms. The van der Waals surface area contributed by atoms with Gasteiger partial charge in [-0.25, -0.2) is 18.4 Å². The molecule has 0 amide bonds. The summed E-state index contributed by atoms with van der Waals surface area (Å²) in [4.78, 5) is 10.4. The standard InChI is InChI=1S/C11H16ClN3O2S/c1-8-13-10(12)6-11(14-8)15-5-3-4-9(15)7-18(2,16)17/h6,9H,3-5,7H2,1-2H3/t9-/m1/s1. The van der Waals surface area contributed by atoms with Crippen molar-refractivity contribution < 1.29 is 8.42 Å².